The van der Waals surface area contributed by atoms with E-state index in [2.05, 4.69) is 12.3 Å². The fraction of sp³-hybridized carbons (Fsp3) is 1.00. The molecule has 102 valence electrons. The maximum atomic E-state index is 5.90. The van der Waals surface area contributed by atoms with Gasteiger partial charge in [-0.25, -0.2) is 0 Å². The summed E-state index contributed by atoms with van der Waals surface area (Å²) in [7, 11) is 1.86. The first-order chi connectivity index (χ1) is 8.29. The minimum atomic E-state index is -0.0149. The Morgan fingerprint density at radius 1 is 1.18 bits per heavy atom. The summed E-state index contributed by atoms with van der Waals surface area (Å²) in [5, 5.41) is 0. The zero-order valence-electron chi connectivity index (χ0n) is 11.6. The van der Waals surface area contributed by atoms with Crippen LogP contribution in [0.5, 0.6) is 0 Å². The predicted octanol–water partition coefficient (Wildman–Crippen LogP) is 3.14. The first-order valence-corrected chi connectivity index (χ1v) is 7.30. The number of hydrazine groups is 1. The summed E-state index contributed by atoms with van der Waals surface area (Å²) >= 11 is 0. The molecule has 0 aromatic heterocycles. The average molecular weight is 242 g/mol. The molecule has 1 aliphatic rings. The van der Waals surface area contributed by atoms with E-state index in [0.717, 1.165) is 19.3 Å². The van der Waals surface area contributed by atoms with Gasteiger partial charge in [-0.05, 0) is 19.3 Å². The number of methoxy groups -OCH3 is 1. The normalized spacial score (nSPS) is 22.1. The van der Waals surface area contributed by atoms with Crippen molar-refractivity contribution in [2.45, 2.75) is 82.8 Å². The predicted molar refractivity (Wildman–Crippen MR) is 72.7 cm³/mol. The summed E-state index contributed by atoms with van der Waals surface area (Å²) in [6.07, 6.45) is 12.5. The summed E-state index contributed by atoms with van der Waals surface area (Å²) in [5.41, 5.74) is 3.01. The third-order valence-electron chi connectivity index (χ3n) is 4.29. The lowest BCUT2D eigenvalue weighted by molar-refractivity contribution is -0.0553. The summed E-state index contributed by atoms with van der Waals surface area (Å²) in [4.78, 5) is 0. The number of hydrogen-bond acceptors (Lipinski definition) is 3. The van der Waals surface area contributed by atoms with E-state index >= 15 is 0 Å². The average Bonchev–Trinajstić information content (AvgIpc) is 2.61. The lowest BCUT2D eigenvalue weighted by atomic mass is 9.83. The molecule has 0 heterocycles. The molecule has 3 nitrogen and oxygen atoms in total. The summed E-state index contributed by atoms with van der Waals surface area (Å²) in [6.45, 7) is 2.24. The van der Waals surface area contributed by atoms with Crippen LogP contribution in [0.4, 0.5) is 0 Å². The molecule has 0 aromatic rings. The molecule has 0 saturated heterocycles. The van der Waals surface area contributed by atoms with Crippen LogP contribution in [0.3, 0.4) is 0 Å². The second kappa shape index (κ2) is 8.06. The highest BCUT2D eigenvalue weighted by Crippen LogP contribution is 2.34. The topological polar surface area (TPSA) is 47.3 Å². The van der Waals surface area contributed by atoms with E-state index in [1.165, 1.54) is 44.9 Å². The van der Waals surface area contributed by atoms with Gasteiger partial charge in [-0.1, -0.05) is 51.9 Å². The monoisotopic (exact) mass is 242 g/mol. The van der Waals surface area contributed by atoms with Crippen LogP contribution in [0.15, 0.2) is 0 Å². The third kappa shape index (κ3) is 4.23. The Morgan fingerprint density at radius 2 is 1.82 bits per heavy atom. The maximum absolute atomic E-state index is 5.90. The number of nitrogens with two attached hydrogens (primary N) is 1. The quantitative estimate of drug-likeness (QED) is 0.312. The third-order valence-corrected chi connectivity index (χ3v) is 4.29. The van der Waals surface area contributed by atoms with Crippen LogP contribution in [0.25, 0.3) is 0 Å². The molecule has 0 bridgehead atoms. The molecule has 17 heavy (non-hydrogen) atoms. The van der Waals surface area contributed by atoms with E-state index in [0.29, 0.717) is 6.04 Å². The number of ether oxygens (including phenoxy) is 1. The Morgan fingerprint density at radius 3 is 2.29 bits per heavy atom. The van der Waals surface area contributed by atoms with Crippen LogP contribution < -0.4 is 11.3 Å². The van der Waals surface area contributed by atoms with Crippen molar-refractivity contribution in [1.29, 1.82) is 0 Å². The van der Waals surface area contributed by atoms with E-state index in [4.69, 9.17) is 10.6 Å². The van der Waals surface area contributed by atoms with E-state index in [-0.39, 0.29) is 5.60 Å². The SMILES string of the molecule is CCCCCC(NN)C1(OC)CCCCCC1. The first kappa shape index (κ1) is 14.9. The fourth-order valence-electron chi connectivity index (χ4n) is 3.12. The van der Waals surface area contributed by atoms with E-state index in [9.17, 15) is 0 Å². The molecule has 3 heteroatoms. The van der Waals surface area contributed by atoms with Gasteiger partial charge in [0.15, 0.2) is 0 Å². The molecular weight excluding hydrogens is 212 g/mol. The van der Waals surface area contributed by atoms with Crippen molar-refractivity contribution in [2.75, 3.05) is 7.11 Å². The van der Waals surface area contributed by atoms with Gasteiger partial charge >= 0.3 is 0 Å². The molecular formula is C14H30N2O. The van der Waals surface area contributed by atoms with Crippen LogP contribution >= 0.6 is 0 Å². The molecule has 1 aliphatic carbocycles. The summed E-state index contributed by atoms with van der Waals surface area (Å²) in [5.74, 6) is 5.77. The molecule has 1 unspecified atom stereocenters. The van der Waals surface area contributed by atoms with Crippen LogP contribution in [0, 0.1) is 0 Å². The minimum absolute atomic E-state index is 0.0149. The molecule has 0 amide bonds. The van der Waals surface area contributed by atoms with Crippen molar-refractivity contribution in [3.8, 4) is 0 Å². The zero-order chi connectivity index (χ0) is 12.6. The lowest BCUT2D eigenvalue weighted by Gasteiger charge is -2.39. The van der Waals surface area contributed by atoms with Gasteiger partial charge in [-0.2, -0.15) is 0 Å². The van der Waals surface area contributed by atoms with Gasteiger partial charge in [-0.15, -0.1) is 0 Å². The highest BCUT2D eigenvalue weighted by Gasteiger charge is 2.38. The van der Waals surface area contributed by atoms with Crippen molar-refractivity contribution in [3.63, 3.8) is 0 Å². The Bertz CT molecular complexity index is 189. The maximum Gasteiger partial charge on any atom is 0.0844 e. The Labute approximate surface area is 106 Å². The lowest BCUT2D eigenvalue weighted by Crippen LogP contribution is -2.54. The van der Waals surface area contributed by atoms with Gasteiger partial charge < -0.3 is 4.74 Å². The number of hydrogen-bond donors (Lipinski definition) is 2. The van der Waals surface area contributed by atoms with Gasteiger partial charge in [-0.3, -0.25) is 11.3 Å². The van der Waals surface area contributed by atoms with Crippen LogP contribution in [0.1, 0.15) is 71.1 Å². The van der Waals surface area contributed by atoms with Crippen molar-refractivity contribution < 1.29 is 4.74 Å². The highest BCUT2D eigenvalue weighted by atomic mass is 16.5. The van der Waals surface area contributed by atoms with Crippen LogP contribution in [0.2, 0.25) is 0 Å². The summed E-state index contributed by atoms with van der Waals surface area (Å²) in [6, 6.07) is 0.317. The number of unbranched alkanes of at least 4 members (excludes halogenated alkanes) is 2. The molecule has 0 radical (unpaired) electrons. The Kier molecular flexibility index (Phi) is 7.09. The van der Waals surface area contributed by atoms with E-state index < -0.39 is 0 Å². The molecule has 3 N–H and O–H groups in total. The molecule has 1 saturated carbocycles. The number of nitrogens with one attached hydrogen (secondary N) is 1. The second-order valence-corrected chi connectivity index (χ2v) is 5.40. The fourth-order valence-corrected chi connectivity index (χ4v) is 3.12. The zero-order valence-corrected chi connectivity index (χ0v) is 11.6. The van der Waals surface area contributed by atoms with Gasteiger partial charge in [0.2, 0.25) is 0 Å². The molecule has 0 spiro atoms. The highest BCUT2D eigenvalue weighted by molar-refractivity contribution is 4.93. The molecule has 1 atom stereocenters. The molecule has 1 fully saturated rings. The second-order valence-electron chi connectivity index (χ2n) is 5.40. The molecule has 1 rings (SSSR count). The Balaban J connectivity index is 2.58. The molecule has 0 aromatic carbocycles. The van der Waals surface area contributed by atoms with E-state index in [1.54, 1.807) is 0 Å². The van der Waals surface area contributed by atoms with Gasteiger partial charge in [0.1, 0.15) is 0 Å². The smallest absolute Gasteiger partial charge is 0.0844 e. The van der Waals surface area contributed by atoms with Crippen molar-refractivity contribution in [2.24, 2.45) is 5.84 Å². The van der Waals surface area contributed by atoms with Crippen molar-refractivity contribution >= 4 is 0 Å². The van der Waals surface area contributed by atoms with Crippen LogP contribution in [-0.2, 0) is 4.74 Å². The largest absolute Gasteiger partial charge is 0.377 e. The van der Waals surface area contributed by atoms with Gasteiger partial charge in [0, 0.05) is 7.11 Å². The van der Waals surface area contributed by atoms with Crippen LogP contribution in [-0.4, -0.2) is 18.8 Å². The van der Waals surface area contributed by atoms with Crippen molar-refractivity contribution in [1.82, 2.24) is 5.43 Å². The van der Waals surface area contributed by atoms with Gasteiger partial charge in [0.05, 0.1) is 11.6 Å². The first-order valence-electron chi connectivity index (χ1n) is 7.30. The standard InChI is InChI=1S/C14H30N2O/c1-3-4-7-10-13(16-15)14(17-2)11-8-5-6-9-12-14/h13,16H,3-12,15H2,1-2H3. The summed E-state index contributed by atoms with van der Waals surface area (Å²) < 4.78 is 5.90. The van der Waals surface area contributed by atoms with E-state index in [1.807, 2.05) is 7.11 Å². The van der Waals surface area contributed by atoms with Crippen molar-refractivity contribution in [3.05, 3.63) is 0 Å². The molecule has 0 aliphatic heterocycles. The number of rotatable bonds is 7. The minimum Gasteiger partial charge on any atom is -0.377 e. The van der Waals surface area contributed by atoms with Gasteiger partial charge in [0.25, 0.3) is 0 Å². The Hall–Kier alpha value is -0.120.